The van der Waals surface area contributed by atoms with Gasteiger partial charge in [-0.25, -0.2) is 0 Å². The van der Waals surface area contributed by atoms with Crippen LogP contribution in [0.1, 0.15) is 57.8 Å². The van der Waals surface area contributed by atoms with E-state index < -0.39 is 24.2 Å². The van der Waals surface area contributed by atoms with Gasteiger partial charge in [0.2, 0.25) is 0 Å². The van der Waals surface area contributed by atoms with Crippen molar-refractivity contribution in [1.29, 1.82) is 0 Å². The molecule has 0 radical (unpaired) electrons. The SMILES string of the molecule is C[Si](C)(CCC1CC2C=CC1C2)c1cc([Si](C)(C)CCC2CC3C=CC2C3)cc([Si](C)(C)CCC2CC3C=CC2C3)c1. The van der Waals surface area contributed by atoms with Gasteiger partial charge in [0, 0.05) is 0 Å². The molecule has 0 amide bonds. The topological polar surface area (TPSA) is 0 Å². The van der Waals surface area contributed by atoms with Crippen LogP contribution in [-0.4, -0.2) is 24.2 Å². The molecule has 3 saturated carbocycles. The summed E-state index contributed by atoms with van der Waals surface area (Å²) in [7, 11) is -4.54. The average Bonchev–Trinajstić information content (AvgIpc) is 3.82. The highest BCUT2D eigenvalue weighted by Gasteiger charge is 2.40. The third kappa shape index (κ3) is 5.89. The molecule has 3 heteroatoms. The Morgan fingerprint density at radius 3 is 0.929 bits per heavy atom. The Balaban J connectivity index is 1.11. The smallest absolute Gasteiger partial charge is 0.0806 e. The quantitative estimate of drug-likeness (QED) is 0.163. The van der Waals surface area contributed by atoms with Gasteiger partial charge in [-0.1, -0.05) is 147 Å². The number of hydrogen-bond donors (Lipinski definition) is 0. The Morgan fingerprint density at radius 1 is 0.429 bits per heavy atom. The van der Waals surface area contributed by atoms with Crippen molar-refractivity contribution in [2.75, 3.05) is 0 Å². The van der Waals surface area contributed by atoms with Crippen LogP contribution in [0.3, 0.4) is 0 Å². The summed E-state index contributed by atoms with van der Waals surface area (Å²) in [6.07, 6.45) is 28.5. The lowest BCUT2D eigenvalue weighted by Crippen LogP contribution is -2.54. The molecule has 9 unspecified atom stereocenters. The molecule has 0 nitrogen and oxygen atoms in total. The summed E-state index contributed by atoms with van der Waals surface area (Å²) in [5.41, 5.74) is 0. The van der Waals surface area contributed by atoms with E-state index >= 15 is 0 Å². The van der Waals surface area contributed by atoms with Gasteiger partial charge in [-0.2, -0.15) is 0 Å². The summed E-state index contributed by atoms with van der Waals surface area (Å²) in [5.74, 6) is 8.36. The zero-order chi connectivity index (χ0) is 29.3. The lowest BCUT2D eigenvalue weighted by atomic mass is 9.91. The first kappa shape index (κ1) is 29.8. The van der Waals surface area contributed by atoms with Gasteiger partial charge in [0.15, 0.2) is 0 Å². The molecule has 0 heterocycles. The van der Waals surface area contributed by atoms with E-state index in [1.807, 2.05) is 15.6 Å². The molecule has 0 spiro atoms. The van der Waals surface area contributed by atoms with E-state index in [-0.39, 0.29) is 0 Å². The number of rotatable bonds is 12. The standard InChI is InChI=1S/C39H60Si3/c1-40(2,16-13-34-22-28-7-10-31(34)19-28)37-25-38(41(3,4)17-14-35-23-29-8-11-32(35)20-29)27-39(26-37)42(5,6)18-15-36-24-30-9-12-33(36)21-30/h7-12,25-36H,13-24H2,1-6H3. The van der Waals surface area contributed by atoms with Crippen LogP contribution in [0.4, 0.5) is 0 Å². The minimum absolute atomic E-state index is 0.903. The normalized spacial score (nSPS) is 36.3. The lowest BCUT2D eigenvalue weighted by molar-refractivity contribution is 0.432. The van der Waals surface area contributed by atoms with E-state index in [2.05, 4.69) is 93.9 Å². The van der Waals surface area contributed by atoms with Gasteiger partial charge in [-0.3, -0.25) is 0 Å². The van der Waals surface area contributed by atoms with Crippen molar-refractivity contribution in [3.8, 4) is 0 Å². The molecule has 3 fully saturated rings. The fourth-order valence-corrected chi connectivity index (χ4v) is 18.4. The summed E-state index contributed by atoms with van der Waals surface area (Å²) in [4.78, 5) is 0. The molecule has 9 atom stereocenters. The van der Waals surface area contributed by atoms with Crippen LogP contribution in [0.25, 0.3) is 0 Å². The number of fused-ring (bicyclic) bond motifs is 6. The van der Waals surface area contributed by atoms with Crippen LogP contribution >= 0.6 is 0 Å². The maximum Gasteiger partial charge on any atom is 0.0806 e. The highest BCUT2D eigenvalue weighted by molar-refractivity contribution is 6.95. The minimum Gasteiger partial charge on any atom is -0.0851 e. The Bertz CT molecular complexity index is 1090. The van der Waals surface area contributed by atoms with Crippen LogP contribution < -0.4 is 15.6 Å². The van der Waals surface area contributed by atoms with Crippen LogP contribution in [-0.2, 0) is 0 Å². The average molecular weight is 613 g/mol. The van der Waals surface area contributed by atoms with Crippen molar-refractivity contribution in [3.05, 3.63) is 54.7 Å². The van der Waals surface area contributed by atoms with Gasteiger partial charge in [0.1, 0.15) is 0 Å². The van der Waals surface area contributed by atoms with Crippen molar-refractivity contribution < 1.29 is 0 Å². The third-order valence-corrected chi connectivity index (χ3v) is 24.1. The second-order valence-electron chi connectivity index (χ2n) is 18.2. The van der Waals surface area contributed by atoms with Crippen LogP contribution in [0.15, 0.2) is 54.7 Å². The molecule has 6 aliphatic rings. The van der Waals surface area contributed by atoms with Crippen LogP contribution in [0.5, 0.6) is 0 Å². The molecule has 6 aliphatic carbocycles. The second kappa shape index (κ2) is 11.2. The predicted molar refractivity (Wildman–Crippen MR) is 193 cm³/mol. The van der Waals surface area contributed by atoms with E-state index in [1.165, 1.54) is 75.9 Å². The Labute approximate surface area is 262 Å². The summed E-state index contributed by atoms with van der Waals surface area (Å²) in [5, 5.41) is 5.46. The van der Waals surface area contributed by atoms with Crippen molar-refractivity contribution in [1.82, 2.24) is 0 Å². The van der Waals surface area contributed by atoms with Crippen LogP contribution in [0.2, 0.25) is 57.4 Å². The molecule has 0 aromatic heterocycles. The van der Waals surface area contributed by atoms with Crippen molar-refractivity contribution in [2.45, 2.75) is 115 Å². The van der Waals surface area contributed by atoms with Gasteiger partial charge < -0.3 is 0 Å². The molecule has 0 saturated heterocycles. The van der Waals surface area contributed by atoms with E-state index in [9.17, 15) is 0 Å². The van der Waals surface area contributed by atoms with E-state index in [4.69, 9.17) is 0 Å². The second-order valence-corrected chi connectivity index (χ2v) is 32.7. The fraction of sp³-hybridized carbons (Fsp3) is 0.692. The van der Waals surface area contributed by atoms with E-state index in [0.717, 1.165) is 53.3 Å². The highest BCUT2D eigenvalue weighted by Crippen LogP contribution is 2.48. The summed E-state index contributed by atoms with van der Waals surface area (Å²) in [6, 6.07) is 12.9. The Hall–Kier alpha value is -0.909. The molecule has 7 rings (SSSR count). The number of allylic oxidation sites excluding steroid dienone is 6. The molecule has 42 heavy (non-hydrogen) atoms. The predicted octanol–water partition coefficient (Wildman–Crippen LogP) is 9.24. The summed E-state index contributed by atoms with van der Waals surface area (Å²) >= 11 is 0. The third-order valence-electron chi connectivity index (χ3n) is 13.9. The zero-order valence-corrected chi connectivity index (χ0v) is 30.9. The Morgan fingerprint density at radius 2 is 0.714 bits per heavy atom. The monoisotopic (exact) mass is 612 g/mol. The molecular weight excluding hydrogens is 553 g/mol. The van der Waals surface area contributed by atoms with Gasteiger partial charge in [0.05, 0.1) is 24.2 Å². The maximum absolute atomic E-state index is 2.81. The van der Waals surface area contributed by atoms with Crippen molar-refractivity contribution in [3.63, 3.8) is 0 Å². The number of hydrogen-bond acceptors (Lipinski definition) is 0. The summed E-state index contributed by atoms with van der Waals surface area (Å²) < 4.78 is 0. The molecule has 228 valence electrons. The lowest BCUT2D eigenvalue weighted by Gasteiger charge is -2.34. The van der Waals surface area contributed by atoms with E-state index in [0.29, 0.717) is 0 Å². The number of benzene rings is 1. The van der Waals surface area contributed by atoms with Gasteiger partial charge in [-0.15, -0.1) is 0 Å². The summed E-state index contributed by atoms with van der Waals surface area (Å²) in [6.45, 7) is 16.4. The molecular formula is C39H60Si3. The Kier molecular flexibility index (Phi) is 7.91. The first-order valence-electron chi connectivity index (χ1n) is 18.2. The van der Waals surface area contributed by atoms with E-state index in [1.54, 1.807) is 0 Å². The first-order valence-corrected chi connectivity index (χ1v) is 27.8. The highest BCUT2D eigenvalue weighted by atomic mass is 28.3. The maximum atomic E-state index is 2.81. The largest absolute Gasteiger partial charge is 0.0851 e. The van der Waals surface area contributed by atoms with Crippen molar-refractivity contribution in [2.24, 2.45) is 53.3 Å². The van der Waals surface area contributed by atoms with Gasteiger partial charge >= 0.3 is 0 Å². The molecule has 1 aromatic rings. The first-order chi connectivity index (χ1) is 19.9. The molecule has 0 aliphatic heterocycles. The zero-order valence-electron chi connectivity index (χ0n) is 27.9. The van der Waals surface area contributed by atoms with Crippen molar-refractivity contribution >= 4 is 39.8 Å². The minimum atomic E-state index is -1.51. The van der Waals surface area contributed by atoms with Gasteiger partial charge in [0.25, 0.3) is 0 Å². The fourth-order valence-electron chi connectivity index (χ4n) is 10.6. The molecule has 0 N–H and O–H groups in total. The van der Waals surface area contributed by atoms with Gasteiger partial charge in [-0.05, 0) is 91.8 Å². The molecule has 1 aromatic carbocycles. The molecule has 6 bridgehead atoms. The van der Waals surface area contributed by atoms with Crippen LogP contribution in [0, 0.1) is 53.3 Å².